The van der Waals surface area contributed by atoms with E-state index in [0.717, 1.165) is 83.7 Å². The molecule has 18 heteroatoms. The quantitative estimate of drug-likeness (QED) is 0.0331. The molecule has 2 amide bonds. The second kappa shape index (κ2) is 30.0. The molecular formula is C60H57Cl3N10O5-2. The van der Waals surface area contributed by atoms with Crippen LogP contribution in [0.2, 0.25) is 5.02 Å². The summed E-state index contributed by atoms with van der Waals surface area (Å²) in [6.45, 7) is 0. The van der Waals surface area contributed by atoms with Gasteiger partial charge in [0.1, 0.15) is 0 Å². The number of hydrogen-bond acceptors (Lipinski definition) is 13. The molecule has 0 saturated heterocycles. The van der Waals surface area contributed by atoms with Gasteiger partial charge in [-0.15, -0.1) is 0 Å². The molecule has 0 saturated carbocycles. The number of aromatic nitrogens is 2. The standard InChI is InChI=1S/C30H27N5O.C19H17N3O.C11H11ClN2.2ClH.H2O3/c1-35(2)26-15-16-28-27(20-26)29(17-18-31-28)33-23-13-11-21(12-14-23)30(36)34-25-10-6-9-24(19-25)32-22-7-4-3-5-8-22;20-15-11-9-14(10-12-15)19(23)22-18-8-4-7-17(13-18)21-16-5-2-1-3-6-16;1-14(2)8-3-4-11-9(7-8)10(12)5-6-13-11;;;1-3-2/h3-20,32H,1-2H3,(H,31,33)(H,34,36);1-13,21H,20H2,(H,22,23);3-7H,1-2H3;2*1H;1-2H/p-2. The van der Waals surface area contributed by atoms with Gasteiger partial charge in [-0.3, -0.25) is 19.6 Å². The van der Waals surface area contributed by atoms with E-state index in [1.807, 2.05) is 203 Å². The van der Waals surface area contributed by atoms with Crippen LogP contribution in [0.1, 0.15) is 20.7 Å². The first-order valence-corrected chi connectivity index (χ1v) is 24.2. The number of nitrogens with two attached hydrogens (primary N) is 1. The Balaban J connectivity index is 0.000000228. The van der Waals surface area contributed by atoms with Crippen LogP contribution in [0.5, 0.6) is 0 Å². The van der Waals surface area contributed by atoms with Crippen molar-refractivity contribution in [3.63, 3.8) is 0 Å². The molecule has 0 radical (unpaired) electrons. The highest BCUT2D eigenvalue weighted by molar-refractivity contribution is 6.35. The molecule has 400 valence electrons. The summed E-state index contributed by atoms with van der Waals surface area (Å²) in [6.07, 6.45) is 3.52. The number of hydrogen-bond donors (Lipinski definition) is 8. The van der Waals surface area contributed by atoms with Crippen molar-refractivity contribution in [1.82, 2.24) is 9.97 Å². The molecule has 78 heavy (non-hydrogen) atoms. The highest BCUT2D eigenvalue weighted by atomic mass is 35.5. The van der Waals surface area contributed by atoms with Crippen molar-refractivity contribution in [2.45, 2.75) is 0 Å². The Hall–Kier alpha value is -8.93. The van der Waals surface area contributed by atoms with Crippen molar-refractivity contribution in [3.05, 3.63) is 235 Å². The van der Waals surface area contributed by atoms with Crippen LogP contribution in [-0.2, 0) is 5.04 Å². The van der Waals surface area contributed by atoms with Crippen molar-refractivity contribution < 1.29 is 50.0 Å². The van der Waals surface area contributed by atoms with Crippen molar-refractivity contribution in [2.75, 3.05) is 70.3 Å². The summed E-state index contributed by atoms with van der Waals surface area (Å²) >= 11 is 6.08. The first-order valence-electron chi connectivity index (χ1n) is 23.8. The SMILES string of the molecule is CN(C)c1ccc2nccc(Cl)c2c1.CN(C)c1ccc2nccc(Nc3ccc(C(=O)Nc4cccc(Nc5ccccc5)c4)cc3)c2c1.Nc1ccc(C(=O)Nc2cccc(Nc3ccccc3)c2)cc1.OOO.[Cl-].[Cl-]. The molecule has 0 fully saturated rings. The van der Waals surface area contributed by atoms with Gasteiger partial charge in [0.15, 0.2) is 0 Å². The molecule has 10 rings (SSSR count). The minimum Gasteiger partial charge on any atom is -1.00 e. The third-order valence-electron chi connectivity index (χ3n) is 11.4. The predicted octanol–water partition coefficient (Wildman–Crippen LogP) is 8.22. The molecule has 0 unspecified atom stereocenters. The molecule has 9 N–H and O–H groups in total. The van der Waals surface area contributed by atoms with Gasteiger partial charge in [-0.1, -0.05) is 65.2 Å². The molecule has 15 nitrogen and oxygen atoms in total. The molecule has 0 aliphatic rings. The number of carbonyl (C=O) groups excluding carboxylic acids is 2. The average Bonchev–Trinajstić information content (AvgIpc) is 3.44. The van der Waals surface area contributed by atoms with Crippen LogP contribution < -0.4 is 66.9 Å². The predicted molar refractivity (Wildman–Crippen MR) is 312 cm³/mol. The second-order valence-electron chi connectivity index (χ2n) is 17.3. The maximum Gasteiger partial charge on any atom is 0.255 e. The minimum atomic E-state index is -0.165. The number of para-hydroxylation sites is 2. The summed E-state index contributed by atoms with van der Waals surface area (Å²) in [6, 6.07) is 65.4. The topological polar surface area (TPSA) is 202 Å². The van der Waals surface area contributed by atoms with Crippen molar-refractivity contribution in [2.24, 2.45) is 0 Å². The largest absolute Gasteiger partial charge is 1.00 e. The highest BCUT2D eigenvalue weighted by Gasteiger charge is 2.10. The molecule has 0 aliphatic carbocycles. The van der Waals surface area contributed by atoms with E-state index in [-0.39, 0.29) is 36.6 Å². The molecule has 2 aromatic heterocycles. The second-order valence-corrected chi connectivity index (χ2v) is 17.7. The van der Waals surface area contributed by atoms with Gasteiger partial charge in [-0.05, 0) is 158 Å². The molecule has 10 aromatic rings. The third kappa shape index (κ3) is 17.6. The molecule has 0 spiro atoms. The van der Waals surface area contributed by atoms with E-state index < -0.39 is 0 Å². The van der Waals surface area contributed by atoms with Crippen LogP contribution in [-0.4, -0.2) is 60.5 Å². The summed E-state index contributed by atoms with van der Waals surface area (Å²) in [7, 11) is 8.05. The number of nitrogens with zero attached hydrogens (tertiary/aromatic N) is 4. The molecule has 2 heterocycles. The van der Waals surface area contributed by atoms with Gasteiger partial charge in [0.2, 0.25) is 0 Å². The lowest BCUT2D eigenvalue weighted by Gasteiger charge is -2.15. The number of amides is 2. The third-order valence-corrected chi connectivity index (χ3v) is 11.7. The monoisotopic (exact) mass is 1100 g/mol. The fourth-order valence-electron chi connectivity index (χ4n) is 7.53. The summed E-state index contributed by atoms with van der Waals surface area (Å²) in [5.74, 6) is -0.328. The molecule has 0 atom stereocenters. The Bertz CT molecular complexity index is 3490. The van der Waals surface area contributed by atoms with Crippen LogP contribution >= 0.6 is 11.6 Å². The number of carbonyl (C=O) groups is 2. The number of nitrogens with one attached hydrogen (secondary N) is 5. The van der Waals surface area contributed by atoms with Gasteiger partial charge < -0.3 is 66.9 Å². The zero-order valence-electron chi connectivity index (χ0n) is 42.9. The summed E-state index contributed by atoms with van der Waals surface area (Å²) in [5.41, 5.74) is 18.6. The molecule has 8 aromatic carbocycles. The zero-order valence-corrected chi connectivity index (χ0v) is 45.2. The Kier molecular flexibility index (Phi) is 23.0. The Morgan fingerprint density at radius 3 is 1.33 bits per heavy atom. The van der Waals surface area contributed by atoms with Gasteiger partial charge in [0, 0.05) is 125 Å². The van der Waals surface area contributed by atoms with E-state index >= 15 is 0 Å². The molecular weight excluding hydrogens is 1050 g/mol. The number of anilines is 11. The van der Waals surface area contributed by atoms with Crippen LogP contribution in [0.3, 0.4) is 0 Å². The van der Waals surface area contributed by atoms with Crippen molar-refractivity contribution in [3.8, 4) is 0 Å². The summed E-state index contributed by atoms with van der Waals surface area (Å²) in [5, 5.41) is 34.3. The van der Waals surface area contributed by atoms with Crippen LogP contribution in [0.25, 0.3) is 21.8 Å². The maximum absolute atomic E-state index is 12.9. The number of pyridine rings is 2. The minimum absolute atomic E-state index is 0. The van der Waals surface area contributed by atoms with Gasteiger partial charge in [-0.25, -0.2) is 10.5 Å². The lowest BCUT2D eigenvalue weighted by molar-refractivity contribution is -0.465. The first kappa shape index (κ1) is 59.9. The van der Waals surface area contributed by atoms with E-state index in [1.165, 1.54) is 0 Å². The van der Waals surface area contributed by atoms with Crippen LogP contribution in [0.4, 0.5) is 62.6 Å². The van der Waals surface area contributed by atoms with E-state index in [4.69, 9.17) is 27.8 Å². The van der Waals surface area contributed by atoms with E-state index in [0.29, 0.717) is 16.8 Å². The van der Waals surface area contributed by atoms with Crippen LogP contribution in [0, 0.1) is 0 Å². The average molecular weight is 1100 g/mol. The van der Waals surface area contributed by atoms with E-state index in [2.05, 4.69) is 58.6 Å². The number of nitrogen functional groups attached to an aromatic ring is 1. The van der Waals surface area contributed by atoms with E-state index in [1.54, 1.807) is 36.7 Å². The number of benzene rings is 8. The fourth-order valence-corrected chi connectivity index (χ4v) is 7.74. The lowest BCUT2D eigenvalue weighted by atomic mass is 10.1. The maximum atomic E-state index is 12.9. The number of halogens is 3. The van der Waals surface area contributed by atoms with Crippen molar-refractivity contribution >= 4 is 108 Å². The smallest absolute Gasteiger partial charge is 0.255 e. The Labute approximate surface area is 470 Å². The lowest BCUT2D eigenvalue weighted by Crippen LogP contribution is -3.00. The Morgan fingerprint density at radius 1 is 0.462 bits per heavy atom. The number of rotatable bonds is 12. The van der Waals surface area contributed by atoms with E-state index in [9.17, 15) is 9.59 Å². The highest BCUT2D eigenvalue weighted by Crippen LogP contribution is 2.30. The zero-order chi connectivity index (χ0) is 53.8. The van der Waals surface area contributed by atoms with Gasteiger partial charge in [0.05, 0.1) is 16.1 Å². The first-order chi connectivity index (χ1) is 36.8. The van der Waals surface area contributed by atoms with Gasteiger partial charge in [0.25, 0.3) is 11.8 Å². The summed E-state index contributed by atoms with van der Waals surface area (Å²) < 4.78 is 0. The summed E-state index contributed by atoms with van der Waals surface area (Å²) in [4.78, 5) is 37.9. The van der Waals surface area contributed by atoms with Gasteiger partial charge in [-0.2, -0.15) is 0 Å². The van der Waals surface area contributed by atoms with Crippen LogP contribution in [0.15, 0.2) is 219 Å². The van der Waals surface area contributed by atoms with Crippen molar-refractivity contribution in [1.29, 1.82) is 0 Å². The Morgan fingerprint density at radius 2 is 0.859 bits per heavy atom. The molecule has 0 aliphatic heterocycles. The fraction of sp³-hybridized carbons (Fsp3) is 0.0667. The normalized spacial score (nSPS) is 9.99. The molecule has 0 bridgehead atoms. The van der Waals surface area contributed by atoms with Gasteiger partial charge >= 0.3 is 0 Å². The number of fused-ring (bicyclic) bond motifs is 2.